The molecule has 1 atom stereocenters. The molecule has 1 unspecified atom stereocenters. The molecule has 1 heterocycles. The Bertz CT molecular complexity index is 569. The van der Waals surface area contributed by atoms with Gasteiger partial charge in [-0.2, -0.15) is 0 Å². The molecule has 1 aliphatic rings. The van der Waals surface area contributed by atoms with E-state index in [-0.39, 0.29) is 11.7 Å². The number of carbonyl (C=O) groups is 2. The Morgan fingerprint density at radius 2 is 2.14 bits per heavy atom. The summed E-state index contributed by atoms with van der Waals surface area (Å²) in [6.45, 7) is 3.21. The SMILES string of the molecule is CCCC(NNc1ccc(Cl)cc1)=C1CNCC1C(=O)C=O. The maximum absolute atomic E-state index is 11.7. The summed E-state index contributed by atoms with van der Waals surface area (Å²) >= 11 is 5.86. The van der Waals surface area contributed by atoms with Crippen molar-refractivity contribution in [3.8, 4) is 0 Å². The molecular formula is C16H20ClN3O2. The summed E-state index contributed by atoms with van der Waals surface area (Å²) in [5.74, 6) is -0.736. The van der Waals surface area contributed by atoms with Crippen LogP contribution in [0.3, 0.4) is 0 Å². The van der Waals surface area contributed by atoms with Crippen molar-refractivity contribution in [3.63, 3.8) is 0 Å². The smallest absolute Gasteiger partial charge is 0.203 e. The van der Waals surface area contributed by atoms with Gasteiger partial charge in [-0.25, -0.2) is 0 Å². The Morgan fingerprint density at radius 1 is 1.41 bits per heavy atom. The van der Waals surface area contributed by atoms with E-state index in [2.05, 4.69) is 23.1 Å². The second-order valence-corrected chi connectivity index (χ2v) is 5.65. The topological polar surface area (TPSA) is 70.2 Å². The zero-order valence-corrected chi connectivity index (χ0v) is 13.2. The van der Waals surface area contributed by atoms with Crippen LogP contribution in [0.4, 0.5) is 5.69 Å². The molecule has 1 aromatic rings. The number of Topliss-reactive ketones (excluding diaryl/α,β-unsaturated/α-hetero) is 1. The molecule has 0 amide bonds. The van der Waals surface area contributed by atoms with Crippen molar-refractivity contribution in [2.24, 2.45) is 5.92 Å². The van der Waals surface area contributed by atoms with Gasteiger partial charge in [-0.05, 0) is 36.3 Å². The number of anilines is 1. The summed E-state index contributed by atoms with van der Waals surface area (Å²) in [5.41, 5.74) is 9.10. The van der Waals surface area contributed by atoms with Crippen LogP contribution in [0, 0.1) is 5.92 Å². The van der Waals surface area contributed by atoms with Crippen LogP contribution in [0.5, 0.6) is 0 Å². The Hall–Kier alpha value is -1.85. The summed E-state index contributed by atoms with van der Waals surface area (Å²) in [4.78, 5) is 22.5. The van der Waals surface area contributed by atoms with Gasteiger partial charge in [0.25, 0.3) is 0 Å². The molecule has 0 bridgehead atoms. The van der Waals surface area contributed by atoms with Crippen molar-refractivity contribution in [2.75, 3.05) is 18.5 Å². The highest BCUT2D eigenvalue weighted by Gasteiger charge is 2.29. The first-order valence-corrected chi connectivity index (χ1v) is 7.72. The molecule has 1 aromatic carbocycles. The zero-order valence-electron chi connectivity index (χ0n) is 12.5. The molecule has 0 saturated carbocycles. The number of hydrazine groups is 1. The van der Waals surface area contributed by atoms with E-state index >= 15 is 0 Å². The minimum Gasteiger partial charge on any atom is -0.312 e. The van der Waals surface area contributed by atoms with Crippen LogP contribution in [0.25, 0.3) is 0 Å². The second-order valence-electron chi connectivity index (χ2n) is 5.21. The van der Waals surface area contributed by atoms with Crippen molar-refractivity contribution in [1.82, 2.24) is 10.7 Å². The molecule has 0 aromatic heterocycles. The Kier molecular flexibility index (Phi) is 5.98. The third-order valence-corrected chi connectivity index (χ3v) is 3.89. The highest BCUT2D eigenvalue weighted by Crippen LogP contribution is 2.22. The molecule has 6 heteroatoms. The number of benzene rings is 1. The molecule has 2 rings (SSSR count). The van der Waals surface area contributed by atoms with E-state index in [1.165, 1.54) is 0 Å². The van der Waals surface area contributed by atoms with Crippen LogP contribution in [0.1, 0.15) is 19.8 Å². The Morgan fingerprint density at radius 3 is 2.77 bits per heavy atom. The molecule has 5 nitrogen and oxygen atoms in total. The van der Waals surface area contributed by atoms with E-state index in [1.54, 1.807) is 12.1 Å². The van der Waals surface area contributed by atoms with E-state index in [9.17, 15) is 9.59 Å². The number of allylic oxidation sites excluding steroid dienone is 1. The van der Waals surface area contributed by atoms with Crippen molar-refractivity contribution in [1.29, 1.82) is 0 Å². The van der Waals surface area contributed by atoms with E-state index in [1.807, 2.05) is 12.1 Å². The van der Waals surface area contributed by atoms with Crippen molar-refractivity contribution < 1.29 is 9.59 Å². The first-order valence-electron chi connectivity index (χ1n) is 7.35. The molecule has 1 saturated heterocycles. The molecule has 118 valence electrons. The first kappa shape index (κ1) is 16.5. The van der Waals surface area contributed by atoms with E-state index in [0.717, 1.165) is 29.8 Å². The number of carbonyl (C=O) groups excluding carboxylic acids is 2. The largest absolute Gasteiger partial charge is 0.312 e. The van der Waals surface area contributed by atoms with Crippen LogP contribution in [-0.4, -0.2) is 25.2 Å². The van der Waals surface area contributed by atoms with Gasteiger partial charge < -0.3 is 16.2 Å². The normalized spacial score (nSPS) is 19.6. The van der Waals surface area contributed by atoms with Gasteiger partial charge in [-0.1, -0.05) is 24.9 Å². The van der Waals surface area contributed by atoms with Crippen LogP contribution >= 0.6 is 11.6 Å². The molecule has 0 radical (unpaired) electrons. The lowest BCUT2D eigenvalue weighted by atomic mass is 9.95. The van der Waals surface area contributed by atoms with Gasteiger partial charge in [0.2, 0.25) is 5.78 Å². The van der Waals surface area contributed by atoms with Crippen molar-refractivity contribution >= 4 is 29.4 Å². The standard InChI is InChI=1S/C16H20ClN3O2/c1-2-3-15(13-8-18-9-14(13)16(22)10-21)20-19-12-6-4-11(17)5-7-12/h4-7,10,14,18-20H,2-3,8-9H2,1H3. The maximum Gasteiger partial charge on any atom is 0.203 e. The van der Waals surface area contributed by atoms with Crippen LogP contribution in [0.15, 0.2) is 35.5 Å². The third-order valence-electron chi connectivity index (χ3n) is 3.63. The first-order chi connectivity index (χ1) is 10.7. The fourth-order valence-corrected chi connectivity index (χ4v) is 2.63. The highest BCUT2D eigenvalue weighted by atomic mass is 35.5. The molecule has 3 N–H and O–H groups in total. The minimum absolute atomic E-state index is 0.362. The Labute approximate surface area is 135 Å². The summed E-state index contributed by atoms with van der Waals surface area (Å²) in [6.07, 6.45) is 2.16. The van der Waals surface area contributed by atoms with Gasteiger partial charge in [-0.3, -0.25) is 9.59 Å². The average Bonchev–Trinajstić information content (AvgIpc) is 3.01. The van der Waals surface area contributed by atoms with Gasteiger partial charge in [0.1, 0.15) is 0 Å². The number of rotatable bonds is 7. The highest BCUT2D eigenvalue weighted by molar-refractivity contribution is 6.30. The number of nitrogens with one attached hydrogen (secondary N) is 3. The van der Waals surface area contributed by atoms with Crippen LogP contribution in [0.2, 0.25) is 5.02 Å². The van der Waals surface area contributed by atoms with Gasteiger partial charge in [-0.15, -0.1) is 0 Å². The number of halogens is 1. The number of hydrogen-bond acceptors (Lipinski definition) is 5. The van der Waals surface area contributed by atoms with Crippen molar-refractivity contribution in [2.45, 2.75) is 19.8 Å². The lowest BCUT2D eigenvalue weighted by Crippen LogP contribution is -2.26. The molecular weight excluding hydrogens is 302 g/mol. The monoisotopic (exact) mass is 321 g/mol. The van der Waals surface area contributed by atoms with Gasteiger partial charge >= 0.3 is 0 Å². The lowest BCUT2D eigenvalue weighted by Gasteiger charge is -2.18. The third kappa shape index (κ3) is 4.08. The lowest BCUT2D eigenvalue weighted by molar-refractivity contribution is -0.131. The number of hydrogen-bond donors (Lipinski definition) is 3. The van der Waals surface area contributed by atoms with Gasteiger partial charge in [0, 0.05) is 23.8 Å². The summed E-state index contributed by atoms with van der Waals surface area (Å²) in [7, 11) is 0. The average molecular weight is 322 g/mol. The molecule has 0 spiro atoms. The summed E-state index contributed by atoms with van der Waals surface area (Å²) in [6, 6.07) is 7.33. The maximum atomic E-state index is 11.7. The van der Waals surface area contributed by atoms with E-state index in [4.69, 9.17) is 11.6 Å². The molecule has 1 aliphatic heterocycles. The Balaban J connectivity index is 2.14. The number of aldehydes is 1. The fourth-order valence-electron chi connectivity index (χ4n) is 2.50. The number of ketones is 1. The van der Waals surface area contributed by atoms with E-state index < -0.39 is 0 Å². The predicted octanol–water partition coefficient (Wildman–Crippen LogP) is 2.30. The molecule has 1 fully saturated rings. The second kappa shape index (κ2) is 7.96. The van der Waals surface area contributed by atoms with Gasteiger partial charge in [0.15, 0.2) is 6.29 Å². The van der Waals surface area contributed by atoms with Crippen LogP contribution in [-0.2, 0) is 9.59 Å². The zero-order chi connectivity index (χ0) is 15.9. The van der Waals surface area contributed by atoms with Gasteiger partial charge in [0.05, 0.1) is 11.6 Å². The van der Waals surface area contributed by atoms with Crippen LogP contribution < -0.4 is 16.2 Å². The predicted molar refractivity (Wildman–Crippen MR) is 87.6 cm³/mol. The summed E-state index contributed by atoms with van der Waals surface area (Å²) in [5, 5.41) is 3.83. The van der Waals surface area contributed by atoms with E-state index in [0.29, 0.717) is 24.4 Å². The minimum atomic E-state index is -0.373. The fraction of sp³-hybridized carbons (Fsp3) is 0.375. The quantitative estimate of drug-likeness (QED) is 0.408. The molecule has 0 aliphatic carbocycles. The summed E-state index contributed by atoms with van der Waals surface area (Å²) < 4.78 is 0. The molecule has 22 heavy (non-hydrogen) atoms. The van der Waals surface area contributed by atoms with Crippen molar-refractivity contribution in [3.05, 3.63) is 40.6 Å².